The summed E-state index contributed by atoms with van der Waals surface area (Å²) in [6, 6.07) is 5.65. The molecule has 0 spiro atoms. The molecule has 0 atom stereocenters. The lowest BCUT2D eigenvalue weighted by Gasteiger charge is -2.13. The van der Waals surface area contributed by atoms with Crippen LogP contribution in [0.1, 0.15) is 5.56 Å². The number of amides is 4. The van der Waals surface area contributed by atoms with Crippen LogP contribution in [0.2, 0.25) is 0 Å². The van der Waals surface area contributed by atoms with Gasteiger partial charge in [0.1, 0.15) is 12.3 Å². The highest BCUT2D eigenvalue weighted by Gasteiger charge is 2.30. The van der Waals surface area contributed by atoms with Crippen LogP contribution in [0.5, 0.6) is 11.6 Å². The van der Waals surface area contributed by atoms with Gasteiger partial charge in [-0.25, -0.2) is 18.6 Å². The van der Waals surface area contributed by atoms with Crippen LogP contribution in [0.15, 0.2) is 36.5 Å². The fourth-order valence-electron chi connectivity index (χ4n) is 2.31. The third-order valence-electron chi connectivity index (χ3n) is 3.67. The molecule has 1 saturated heterocycles. The summed E-state index contributed by atoms with van der Waals surface area (Å²) in [7, 11) is 0. The smallest absolute Gasteiger partial charge is 0.325 e. The average molecular weight is 376 g/mol. The summed E-state index contributed by atoms with van der Waals surface area (Å²) < 4.78 is 31.7. The van der Waals surface area contributed by atoms with Gasteiger partial charge in [-0.3, -0.25) is 14.5 Å². The van der Waals surface area contributed by atoms with E-state index in [0.29, 0.717) is 5.56 Å². The first-order valence-electron chi connectivity index (χ1n) is 7.85. The van der Waals surface area contributed by atoms with Gasteiger partial charge in [-0.15, -0.1) is 0 Å². The first-order chi connectivity index (χ1) is 12.9. The average Bonchev–Trinajstić information content (AvgIpc) is 2.96. The summed E-state index contributed by atoms with van der Waals surface area (Å²) in [4.78, 5) is 39.7. The number of aromatic nitrogens is 1. The Morgan fingerprint density at radius 3 is 2.78 bits per heavy atom. The zero-order valence-electron chi connectivity index (χ0n) is 13.9. The van der Waals surface area contributed by atoms with Crippen molar-refractivity contribution in [1.29, 1.82) is 0 Å². The number of hydrogen-bond acceptors (Lipinski definition) is 5. The van der Waals surface area contributed by atoms with Crippen LogP contribution in [-0.2, 0) is 16.1 Å². The Balaban J connectivity index is 1.63. The number of nitrogens with one attached hydrogen (secondary N) is 2. The number of imide groups is 1. The minimum atomic E-state index is -1.06. The molecule has 2 aromatic rings. The molecule has 0 unspecified atom stereocenters. The lowest BCUT2D eigenvalue weighted by molar-refractivity contribution is -0.130. The van der Waals surface area contributed by atoms with Crippen molar-refractivity contribution < 1.29 is 27.9 Å². The van der Waals surface area contributed by atoms with Crippen LogP contribution in [-0.4, -0.2) is 40.8 Å². The molecule has 0 radical (unpaired) electrons. The number of benzene rings is 1. The third-order valence-corrected chi connectivity index (χ3v) is 3.67. The molecule has 2 heterocycles. The molecule has 140 valence electrons. The lowest BCUT2D eigenvalue weighted by atomic mass is 10.2. The van der Waals surface area contributed by atoms with Gasteiger partial charge in [-0.1, -0.05) is 6.07 Å². The molecular weight excluding hydrogens is 362 g/mol. The number of carbonyl (C=O) groups is 3. The second-order valence-corrected chi connectivity index (χ2v) is 5.56. The van der Waals surface area contributed by atoms with E-state index in [2.05, 4.69) is 15.6 Å². The third kappa shape index (κ3) is 4.35. The Hall–Kier alpha value is -3.56. The maximum Gasteiger partial charge on any atom is 0.325 e. The summed E-state index contributed by atoms with van der Waals surface area (Å²) in [5, 5.41) is 4.86. The molecule has 1 aromatic carbocycles. The molecule has 4 amide bonds. The van der Waals surface area contributed by atoms with Crippen molar-refractivity contribution in [3.05, 3.63) is 53.7 Å². The van der Waals surface area contributed by atoms with Crippen LogP contribution in [0.4, 0.5) is 13.6 Å². The Kier molecular flexibility index (Phi) is 5.25. The van der Waals surface area contributed by atoms with Crippen molar-refractivity contribution in [3.8, 4) is 11.6 Å². The van der Waals surface area contributed by atoms with Crippen molar-refractivity contribution in [1.82, 2.24) is 20.5 Å². The number of carbonyl (C=O) groups excluding carboxylic acids is 3. The van der Waals surface area contributed by atoms with E-state index in [-0.39, 0.29) is 24.7 Å². The maximum absolute atomic E-state index is 13.3. The van der Waals surface area contributed by atoms with Crippen LogP contribution in [0.25, 0.3) is 0 Å². The van der Waals surface area contributed by atoms with Crippen LogP contribution >= 0.6 is 0 Å². The molecule has 1 aromatic heterocycles. The molecular formula is C17H14F2N4O4. The second kappa shape index (κ2) is 7.77. The Labute approximate surface area is 152 Å². The Morgan fingerprint density at radius 2 is 2.07 bits per heavy atom. The maximum atomic E-state index is 13.3. The number of nitrogens with zero attached hydrogens (tertiary/aromatic N) is 2. The largest absolute Gasteiger partial charge is 0.439 e. The molecule has 1 aliphatic rings. The molecule has 8 nitrogen and oxygen atoms in total. The number of ether oxygens (including phenoxy) is 1. The van der Waals surface area contributed by atoms with Crippen LogP contribution < -0.4 is 15.4 Å². The van der Waals surface area contributed by atoms with Crippen molar-refractivity contribution in [2.24, 2.45) is 0 Å². The van der Waals surface area contributed by atoms with E-state index >= 15 is 0 Å². The van der Waals surface area contributed by atoms with Crippen molar-refractivity contribution in [2.75, 3.05) is 13.1 Å². The van der Waals surface area contributed by atoms with Gasteiger partial charge in [0.05, 0.1) is 6.54 Å². The first kappa shape index (κ1) is 18.2. The standard InChI is InChI=1S/C17H14F2N4O4/c18-12-4-3-11(6-13(12)19)27-16-10(2-1-5-20-16)7-21-14(24)9-23-15(25)8-22-17(23)26/h1-6H,7-9H2,(H,21,24)(H,22,26). The van der Waals surface area contributed by atoms with Gasteiger partial charge in [-0.2, -0.15) is 0 Å². The predicted molar refractivity (Wildman–Crippen MR) is 87.6 cm³/mol. The molecule has 1 aliphatic heterocycles. The summed E-state index contributed by atoms with van der Waals surface area (Å²) in [5.74, 6) is -2.97. The molecule has 0 aliphatic carbocycles. The van der Waals surface area contributed by atoms with Crippen molar-refractivity contribution >= 4 is 17.8 Å². The molecule has 0 saturated carbocycles. The fraction of sp³-hybridized carbons (Fsp3) is 0.176. The monoisotopic (exact) mass is 376 g/mol. The van der Waals surface area contributed by atoms with E-state index in [9.17, 15) is 23.2 Å². The highest BCUT2D eigenvalue weighted by atomic mass is 19.2. The van der Waals surface area contributed by atoms with Gasteiger partial charge < -0.3 is 15.4 Å². The summed E-state index contributed by atoms with van der Waals surface area (Å²) in [5.41, 5.74) is 0.466. The number of rotatable bonds is 6. The molecule has 0 bridgehead atoms. The molecule has 27 heavy (non-hydrogen) atoms. The van der Waals surface area contributed by atoms with E-state index in [4.69, 9.17) is 4.74 Å². The molecule has 2 N–H and O–H groups in total. The molecule has 1 fully saturated rings. The molecule has 3 rings (SSSR count). The second-order valence-electron chi connectivity index (χ2n) is 5.56. The van der Waals surface area contributed by atoms with Gasteiger partial charge >= 0.3 is 6.03 Å². The predicted octanol–water partition coefficient (Wildman–Crippen LogP) is 1.32. The Morgan fingerprint density at radius 1 is 1.26 bits per heavy atom. The van der Waals surface area contributed by atoms with Gasteiger partial charge in [0, 0.05) is 24.4 Å². The van der Waals surface area contributed by atoms with E-state index in [1.807, 2.05) is 0 Å². The minimum Gasteiger partial charge on any atom is -0.439 e. The van der Waals surface area contributed by atoms with Gasteiger partial charge in [0.25, 0.3) is 5.91 Å². The zero-order chi connectivity index (χ0) is 19.4. The van der Waals surface area contributed by atoms with Gasteiger partial charge in [0.15, 0.2) is 11.6 Å². The van der Waals surface area contributed by atoms with Crippen LogP contribution in [0, 0.1) is 11.6 Å². The van der Waals surface area contributed by atoms with Gasteiger partial charge in [-0.05, 0) is 18.2 Å². The summed E-state index contributed by atoms with van der Waals surface area (Å²) in [6.45, 7) is -0.555. The number of pyridine rings is 1. The fourth-order valence-corrected chi connectivity index (χ4v) is 2.31. The van der Waals surface area contributed by atoms with E-state index < -0.39 is 36.0 Å². The minimum absolute atomic E-state index is 0.00463. The van der Waals surface area contributed by atoms with Crippen molar-refractivity contribution in [3.63, 3.8) is 0 Å². The zero-order valence-corrected chi connectivity index (χ0v) is 13.9. The molecule has 10 heteroatoms. The van der Waals surface area contributed by atoms with Gasteiger partial charge in [0.2, 0.25) is 11.8 Å². The van der Waals surface area contributed by atoms with E-state index in [1.54, 1.807) is 12.1 Å². The van der Waals surface area contributed by atoms with E-state index in [0.717, 1.165) is 17.0 Å². The summed E-state index contributed by atoms with van der Waals surface area (Å²) >= 11 is 0. The topological polar surface area (TPSA) is 101 Å². The van der Waals surface area contributed by atoms with Crippen LogP contribution in [0.3, 0.4) is 0 Å². The highest BCUT2D eigenvalue weighted by Crippen LogP contribution is 2.24. The quantitative estimate of drug-likeness (QED) is 0.741. The number of halogens is 2. The number of urea groups is 1. The highest BCUT2D eigenvalue weighted by molar-refractivity contribution is 6.04. The SMILES string of the molecule is O=C(CN1C(=O)CNC1=O)NCc1cccnc1Oc1ccc(F)c(F)c1. The Bertz CT molecular complexity index is 890. The number of hydrogen-bond donors (Lipinski definition) is 2. The first-order valence-corrected chi connectivity index (χ1v) is 7.85. The van der Waals surface area contributed by atoms with E-state index in [1.165, 1.54) is 12.3 Å². The lowest BCUT2D eigenvalue weighted by Crippen LogP contribution is -2.40. The normalized spacial score (nSPS) is 13.5. The summed E-state index contributed by atoms with van der Waals surface area (Å²) in [6.07, 6.45) is 1.44. The van der Waals surface area contributed by atoms with Crippen molar-refractivity contribution in [2.45, 2.75) is 6.54 Å².